The van der Waals surface area contributed by atoms with Crippen LogP contribution in [0, 0.1) is 5.41 Å². The number of carbonyl (C=O) groups is 4. The summed E-state index contributed by atoms with van der Waals surface area (Å²) >= 11 is 0. The molecule has 0 aliphatic heterocycles. The molecular weight excluding hydrogens is 658 g/mol. The first-order valence-electron chi connectivity index (χ1n) is 19.2. The van der Waals surface area contributed by atoms with E-state index in [1.54, 1.807) is 32.9 Å². The average molecular weight is 723 g/mol. The van der Waals surface area contributed by atoms with Gasteiger partial charge in [-0.2, -0.15) is 0 Å². The zero-order valence-electron chi connectivity index (χ0n) is 33.5. The van der Waals surface area contributed by atoms with Gasteiger partial charge in [-0.05, 0) is 56.4 Å². The molecule has 1 unspecified atom stereocenters. The minimum atomic E-state index is -1.37. The average Bonchev–Trinajstić information content (AvgIpc) is 3.02. The van der Waals surface area contributed by atoms with E-state index in [2.05, 4.69) is 12.2 Å². The molecule has 0 aliphatic carbocycles. The molecule has 0 bridgehead atoms. The van der Waals surface area contributed by atoms with Gasteiger partial charge in [0.15, 0.2) is 0 Å². The van der Waals surface area contributed by atoms with Gasteiger partial charge in [0.2, 0.25) is 5.91 Å². The first kappa shape index (κ1) is 44.3. The molecule has 9 heteroatoms. The minimum absolute atomic E-state index is 0.0586. The summed E-state index contributed by atoms with van der Waals surface area (Å²) in [4.78, 5) is 50.1. The van der Waals surface area contributed by atoms with Crippen molar-refractivity contribution >= 4 is 29.3 Å². The molecule has 1 amide bonds. The van der Waals surface area contributed by atoms with Crippen LogP contribution in [-0.2, 0) is 26.2 Å². The Bertz CT molecular complexity index is 1480. The van der Waals surface area contributed by atoms with Gasteiger partial charge in [-0.25, -0.2) is 0 Å². The van der Waals surface area contributed by atoms with Crippen molar-refractivity contribution < 1.29 is 38.5 Å². The van der Waals surface area contributed by atoms with Crippen LogP contribution in [0.4, 0.5) is 5.69 Å². The topological polar surface area (TPSA) is 131 Å². The van der Waals surface area contributed by atoms with Gasteiger partial charge in [0.25, 0.3) is 0 Å². The second-order valence-electron chi connectivity index (χ2n) is 16.2. The standard InChI is InChI=1S/C43H65NO8/c1-11-12-13-14-15-16-17-18-19-20-21-31(52-32-22-25-37(51-30(4)45)35(27-32)42(5,6)7)26-34-33(41(48)49)23-24-36(40(34)50-29(2)3)44-39(47)28-38(46)43(8,9)10/h22-25,27,29,31H,11-21,26,28H2,1-10H3,(H,44,47)(H,48,49)/p-1. The highest BCUT2D eigenvalue weighted by molar-refractivity contribution is 6.06. The van der Waals surface area contributed by atoms with Crippen molar-refractivity contribution in [1.82, 2.24) is 0 Å². The van der Waals surface area contributed by atoms with Crippen LogP contribution in [0.2, 0.25) is 0 Å². The summed E-state index contributed by atoms with van der Waals surface area (Å²) in [5, 5.41) is 15.3. The number of anilines is 1. The first-order chi connectivity index (χ1) is 24.3. The Morgan fingerprint density at radius 1 is 0.808 bits per heavy atom. The fraction of sp³-hybridized carbons (Fsp3) is 0.628. The number of ether oxygens (including phenoxy) is 3. The number of nitrogens with one attached hydrogen (secondary N) is 1. The van der Waals surface area contributed by atoms with Gasteiger partial charge in [0.05, 0.1) is 24.2 Å². The van der Waals surface area contributed by atoms with Crippen LogP contribution >= 0.6 is 0 Å². The summed E-state index contributed by atoms with van der Waals surface area (Å²) in [5.74, 6) is -1.29. The Balaban J connectivity index is 2.49. The third-order valence-electron chi connectivity index (χ3n) is 8.89. The van der Waals surface area contributed by atoms with Gasteiger partial charge < -0.3 is 29.4 Å². The monoisotopic (exact) mass is 722 g/mol. The van der Waals surface area contributed by atoms with E-state index in [-0.39, 0.29) is 47.1 Å². The highest BCUT2D eigenvalue weighted by Crippen LogP contribution is 2.38. The molecule has 0 saturated carbocycles. The third-order valence-corrected chi connectivity index (χ3v) is 8.89. The first-order valence-corrected chi connectivity index (χ1v) is 19.2. The highest BCUT2D eigenvalue weighted by Gasteiger charge is 2.27. The zero-order valence-corrected chi connectivity index (χ0v) is 33.5. The molecule has 0 spiro atoms. The SMILES string of the molecule is CCCCCCCCCCCCC(Cc1c(C(=O)[O-])ccc(NC(=O)CC(=O)C(C)(C)C)c1OC(C)C)Oc1ccc(OC(C)=O)c(C(C)(C)C)c1. The van der Waals surface area contributed by atoms with Gasteiger partial charge in [-0.3, -0.25) is 14.4 Å². The number of carboxylic acid groups (broad SMARTS) is 1. The van der Waals surface area contributed by atoms with E-state index in [1.165, 1.54) is 64.0 Å². The summed E-state index contributed by atoms with van der Waals surface area (Å²) < 4.78 is 18.4. The van der Waals surface area contributed by atoms with Crippen LogP contribution in [0.1, 0.15) is 168 Å². The molecule has 9 nitrogen and oxygen atoms in total. The number of ketones is 1. The molecular formula is C43H64NO8-. The lowest BCUT2D eigenvalue weighted by Crippen LogP contribution is -2.29. The number of aromatic carboxylic acids is 1. The second kappa shape index (κ2) is 21.0. The summed E-state index contributed by atoms with van der Waals surface area (Å²) in [6.07, 6.45) is 11.4. The number of carbonyl (C=O) groups excluding carboxylic acids is 4. The number of unbranched alkanes of at least 4 members (excludes halogenated alkanes) is 9. The second-order valence-corrected chi connectivity index (χ2v) is 16.2. The lowest BCUT2D eigenvalue weighted by atomic mass is 9.86. The maximum atomic E-state index is 13.1. The molecule has 1 N–H and O–H groups in total. The summed E-state index contributed by atoms with van der Waals surface area (Å²) in [5.41, 5.74) is 0.305. The summed E-state index contributed by atoms with van der Waals surface area (Å²) in [6, 6.07) is 8.24. The maximum absolute atomic E-state index is 13.1. The molecule has 0 aliphatic rings. The van der Waals surface area contributed by atoms with Gasteiger partial charge in [0.1, 0.15) is 29.1 Å². The number of benzene rings is 2. The normalized spacial score (nSPS) is 12.4. The van der Waals surface area contributed by atoms with E-state index in [4.69, 9.17) is 14.2 Å². The van der Waals surface area contributed by atoms with Gasteiger partial charge in [0, 0.05) is 35.4 Å². The number of hydrogen-bond donors (Lipinski definition) is 1. The number of esters is 1. The molecule has 1 atom stereocenters. The Kier molecular flexibility index (Phi) is 17.9. The van der Waals surface area contributed by atoms with Crippen LogP contribution in [0.25, 0.3) is 0 Å². The van der Waals surface area contributed by atoms with Crippen LogP contribution < -0.4 is 24.6 Å². The molecule has 0 radical (unpaired) electrons. The Hall–Kier alpha value is -3.88. The quantitative estimate of drug-likeness (QED) is 0.0551. The molecule has 52 heavy (non-hydrogen) atoms. The van der Waals surface area contributed by atoms with Gasteiger partial charge in [-0.15, -0.1) is 0 Å². The van der Waals surface area contributed by atoms with E-state index in [1.807, 2.05) is 40.7 Å². The Morgan fingerprint density at radius 2 is 1.40 bits per heavy atom. The molecule has 0 heterocycles. The van der Waals surface area contributed by atoms with E-state index in [0.717, 1.165) is 24.8 Å². The molecule has 0 aromatic heterocycles. The molecule has 290 valence electrons. The fourth-order valence-corrected chi connectivity index (χ4v) is 5.99. The van der Waals surface area contributed by atoms with Crippen LogP contribution in [0.3, 0.4) is 0 Å². The minimum Gasteiger partial charge on any atom is -0.545 e. The van der Waals surface area contributed by atoms with Gasteiger partial charge in [-0.1, -0.05) is 112 Å². The Labute approximate surface area is 312 Å². The third kappa shape index (κ3) is 15.4. The number of rotatable bonds is 22. The van der Waals surface area contributed by atoms with E-state index in [9.17, 15) is 24.3 Å². The summed E-state index contributed by atoms with van der Waals surface area (Å²) in [7, 11) is 0. The van der Waals surface area contributed by atoms with Crippen molar-refractivity contribution in [1.29, 1.82) is 0 Å². The van der Waals surface area contributed by atoms with Crippen molar-refractivity contribution in [3.63, 3.8) is 0 Å². The van der Waals surface area contributed by atoms with E-state index < -0.39 is 29.4 Å². The largest absolute Gasteiger partial charge is 0.545 e. The zero-order chi connectivity index (χ0) is 39.1. The molecule has 2 aromatic rings. The van der Waals surface area contributed by atoms with E-state index >= 15 is 0 Å². The predicted octanol–water partition coefficient (Wildman–Crippen LogP) is 9.31. The number of carboxylic acids is 1. The van der Waals surface area contributed by atoms with Crippen molar-refractivity contribution in [2.75, 3.05) is 5.32 Å². The predicted molar refractivity (Wildman–Crippen MR) is 205 cm³/mol. The number of Topliss-reactive ketones (excluding diaryl/α,β-unsaturated/α-hetero) is 1. The van der Waals surface area contributed by atoms with Crippen molar-refractivity contribution in [2.24, 2.45) is 5.41 Å². The van der Waals surface area contributed by atoms with Crippen LogP contribution in [0.15, 0.2) is 30.3 Å². The van der Waals surface area contributed by atoms with Crippen molar-refractivity contribution in [2.45, 2.75) is 170 Å². The number of hydrogen-bond acceptors (Lipinski definition) is 8. The van der Waals surface area contributed by atoms with Crippen molar-refractivity contribution in [3.8, 4) is 17.2 Å². The Morgan fingerprint density at radius 3 is 1.92 bits per heavy atom. The molecule has 0 fully saturated rings. The molecule has 2 rings (SSSR count). The lowest BCUT2D eigenvalue weighted by Gasteiger charge is -2.27. The van der Waals surface area contributed by atoms with Crippen molar-refractivity contribution in [3.05, 3.63) is 47.0 Å². The van der Waals surface area contributed by atoms with Gasteiger partial charge >= 0.3 is 5.97 Å². The lowest BCUT2D eigenvalue weighted by molar-refractivity contribution is -0.255. The van der Waals surface area contributed by atoms with Crippen LogP contribution in [0.5, 0.6) is 17.2 Å². The smallest absolute Gasteiger partial charge is 0.308 e. The number of amides is 1. The maximum Gasteiger partial charge on any atom is 0.308 e. The molecule has 0 saturated heterocycles. The van der Waals surface area contributed by atoms with E-state index in [0.29, 0.717) is 23.5 Å². The fourth-order valence-electron chi connectivity index (χ4n) is 5.99. The highest BCUT2D eigenvalue weighted by atomic mass is 16.5. The molecule has 2 aromatic carbocycles. The summed E-state index contributed by atoms with van der Waals surface area (Å²) in [6.45, 7) is 18.6. The van der Waals surface area contributed by atoms with Crippen LogP contribution in [-0.4, -0.2) is 35.8 Å².